The highest BCUT2D eigenvalue weighted by Gasteiger charge is 2.34. The van der Waals surface area contributed by atoms with Gasteiger partial charge in [0.05, 0.1) is 5.69 Å². The Morgan fingerprint density at radius 2 is 1.71 bits per heavy atom. The molecule has 1 unspecified atom stereocenters. The van der Waals surface area contributed by atoms with Crippen LogP contribution in [0, 0.1) is 5.41 Å². The van der Waals surface area contributed by atoms with Gasteiger partial charge in [-0.25, -0.2) is 0 Å². The van der Waals surface area contributed by atoms with Gasteiger partial charge in [-0.05, 0) is 69.8 Å². The molecule has 2 aliphatic heterocycles. The fourth-order valence-electron chi connectivity index (χ4n) is 5.36. The number of hydrogen-bond acceptors (Lipinski definition) is 4. The molecule has 0 aliphatic carbocycles. The molecule has 4 rings (SSSR count). The molecule has 0 radical (unpaired) electrons. The van der Waals surface area contributed by atoms with Crippen molar-refractivity contribution in [2.75, 3.05) is 18.0 Å². The first-order valence-electron chi connectivity index (χ1n) is 12.7. The Morgan fingerprint density at radius 3 is 2.44 bits per heavy atom. The molecular weight excluding hydrogens is 440 g/mol. The topological polar surface area (TPSA) is 73.4 Å². The Hall–Kier alpha value is -2.31. The second-order valence-corrected chi connectivity index (χ2v) is 10.9. The third-order valence-corrected chi connectivity index (χ3v) is 8.62. The SMILES string of the molecule is C[C@@H]1CCC[C@H](C)N1CCCCCCN1C(=O)C(c2cccc(C(=N)N)c2)Sc2ccccc21. The number of nitrogen functional groups attached to an aromatic ring is 1. The number of hydrogen-bond donors (Lipinski definition) is 2. The molecule has 34 heavy (non-hydrogen) atoms. The fraction of sp³-hybridized carbons (Fsp3) is 0.500. The largest absolute Gasteiger partial charge is 0.384 e. The first-order valence-corrected chi connectivity index (χ1v) is 13.6. The van der Waals surface area contributed by atoms with E-state index < -0.39 is 0 Å². The van der Waals surface area contributed by atoms with Gasteiger partial charge in [0.15, 0.2) is 0 Å². The van der Waals surface area contributed by atoms with Crippen LogP contribution in [0.2, 0.25) is 0 Å². The highest BCUT2D eigenvalue weighted by atomic mass is 32.2. The van der Waals surface area contributed by atoms with Crippen LogP contribution in [0.3, 0.4) is 0 Å². The van der Waals surface area contributed by atoms with E-state index in [9.17, 15) is 4.79 Å². The molecule has 2 aromatic rings. The minimum atomic E-state index is -0.309. The third kappa shape index (κ3) is 5.66. The van der Waals surface area contributed by atoms with Crippen molar-refractivity contribution >= 4 is 29.2 Å². The number of rotatable bonds is 9. The molecule has 0 bridgehead atoms. The van der Waals surface area contributed by atoms with E-state index in [1.165, 1.54) is 38.6 Å². The number of nitrogens with one attached hydrogen (secondary N) is 1. The normalized spacial score (nSPS) is 23.1. The molecule has 5 nitrogen and oxygen atoms in total. The number of benzene rings is 2. The summed E-state index contributed by atoms with van der Waals surface area (Å²) in [7, 11) is 0. The zero-order valence-corrected chi connectivity index (χ0v) is 21.3. The van der Waals surface area contributed by atoms with E-state index in [4.69, 9.17) is 11.1 Å². The van der Waals surface area contributed by atoms with Gasteiger partial charge in [0, 0.05) is 29.1 Å². The summed E-state index contributed by atoms with van der Waals surface area (Å²) >= 11 is 1.60. The Morgan fingerprint density at radius 1 is 1.00 bits per heavy atom. The Bertz CT molecular complexity index is 999. The van der Waals surface area contributed by atoms with Crippen molar-refractivity contribution in [1.29, 1.82) is 5.41 Å². The number of amidine groups is 1. The Labute approximate surface area is 208 Å². The van der Waals surface area contributed by atoms with Crippen LogP contribution in [0.25, 0.3) is 0 Å². The number of thioether (sulfide) groups is 1. The number of likely N-dealkylation sites (tertiary alicyclic amines) is 1. The van der Waals surface area contributed by atoms with E-state index in [0.29, 0.717) is 17.6 Å². The highest BCUT2D eigenvalue weighted by Crippen LogP contribution is 2.46. The number of unbranched alkanes of at least 4 members (excludes halogenated alkanes) is 3. The fourth-order valence-corrected chi connectivity index (χ4v) is 6.58. The van der Waals surface area contributed by atoms with Crippen molar-refractivity contribution in [2.24, 2.45) is 5.73 Å². The lowest BCUT2D eigenvalue weighted by atomic mass is 9.97. The monoisotopic (exact) mass is 478 g/mol. The molecule has 3 atom stereocenters. The molecule has 6 heteroatoms. The number of anilines is 1. The van der Waals surface area contributed by atoms with Gasteiger partial charge < -0.3 is 10.6 Å². The molecule has 2 heterocycles. The van der Waals surface area contributed by atoms with Gasteiger partial charge in [0.1, 0.15) is 11.1 Å². The molecule has 3 N–H and O–H groups in total. The molecule has 0 spiro atoms. The lowest BCUT2D eigenvalue weighted by molar-refractivity contribution is -0.118. The number of para-hydroxylation sites is 1. The van der Waals surface area contributed by atoms with Crippen LogP contribution in [-0.4, -0.2) is 41.8 Å². The summed E-state index contributed by atoms with van der Waals surface area (Å²) in [5.74, 6) is 0.154. The van der Waals surface area contributed by atoms with E-state index >= 15 is 0 Å². The maximum atomic E-state index is 13.6. The highest BCUT2D eigenvalue weighted by molar-refractivity contribution is 8.00. The Balaban J connectivity index is 1.36. The van der Waals surface area contributed by atoms with Crippen molar-refractivity contribution in [3.8, 4) is 0 Å². The molecule has 2 aliphatic rings. The number of nitrogens with two attached hydrogens (primary N) is 1. The minimum absolute atomic E-state index is 0.0284. The maximum absolute atomic E-state index is 13.6. The van der Waals surface area contributed by atoms with Crippen LogP contribution in [0.15, 0.2) is 53.4 Å². The van der Waals surface area contributed by atoms with Crippen molar-refractivity contribution in [2.45, 2.75) is 81.0 Å². The first-order chi connectivity index (χ1) is 16.5. The predicted molar refractivity (Wildman–Crippen MR) is 143 cm³/mol. The van der Waals surface area contributed by atoms with Crippen LogP contribution in [0.1, 0.15) is 75.2 Å². The second-order valence-electron chi connectivity index (χ2n) is 9.78. The number of piperidine rings is 1. The van der Waals surface area contributed by atoms with E-state index in [1.807, 2.05) is 41.3 Å². The molecule has 1 amide bonds. The number of amides is 1. The van der Waals surface area contributed by atoms with Gasteiger partial charge in [-0.2, -0.15) is 0 Å². The lowest BCUT2D eigenvalue weighted by Crippen LogP contribution is -2.44. The zero-order valence-electron chi connectivity index (χ0n) is 20.5. The maximum Gasteiger partial charge on any atom is 0.245 e. The summed E-state index contributed by atoms with van der Waals surface area (Å²) in [5.41, 5.74) is 8.29. The third-order valence-electron chi connectivity index (χ3n) is 7.32. The average molecular weight is 479 g/mol. The van der Waals surface area contributed by atoms with Crippen LogP contribution in [0.5, 0.6) is 0 Å². The predicted octanol–water partition coefficient (Wildman–Crippen LogP) is 5.97. The van der Waals surface area contributed by atoms with Gasteiger partial charge in [-0.1, -0.05) is 49.6 Å². The standard InChI is InChI=1S/C28H38N4OS/c1-20-11-9-12-21(2)31(20)17-7-3-4-8-18-32-24-15-5-6-16-25(24)34-26(28(32)33)22-13-10-14-23(19-22)27(29)30/h5-6,10,13-16,19-21,26H,3-4,7-9,11-12,17-18H2,1-2H3,(H3,29,30)/t20-,21+,26?. The summed E-state index contributed by atoms with van der Waals surface area (Å²) in [6.45, 7) is 6.68. The zero-order chi connectivity index (χ0) is 24.1. The average Bonchev–Trinajstić information content (AvgIpc) is 2.83. The molecule has 0 aromatic heterocycles. The quantitative estimate of drug-likeness (QED) is 0.264. The van der Waals surface area contributed by atoms with Crippen LogP contribution < -0.4 is 10.6 Å². The lowest BCUT2D eigenvalue weighted by Gasteiger charge is -2.39. The number of carbonyl (C=O) groups excluding carboxylic acids is 1. The summed E-state index contributed by atoms with van der Waals surface area (Å²) in [6, 6.07) is 17.2. The van der Waals surface area contributed by atoms with E-state index in [-0.39, 0.29) is 17.0 Å². The second kappa shape index (κ2) is 11.4. The minimum Gasteiger partial charge on any atom is -0.384 e. The number of fused-ring (bicyclic) bond motifs is 1. The molecule has 1 saturated heterocycles. The molecular formula is C28H38N4OS. The Kier molecular flexibility index (Phi) is 8.32. The smallest absolute Gasteiger partial charge is 0.245 e. The summed E-state index contributed by atoms with van der Waals surface area (Å²) in [4.78, 5) is 19.4. The number of carbonyl (C=O) groups is 1. The number of nitrogens with zero attached hydrogens (tertiary/aromatic N) is 2. The summed E-state index contributed by atoms with van der Waals surface area (Å²) < 4.78 is 0. The van der Waals surface area contributed by atoms with Gasteiger partial charge in [0.25, 0.3) is 0 Å². The van der Waals surface area contributed by atoms with Crippen LogP contribution >= 0.6 is 11.8 Å². The summed E-state index contributed by atoms with van der Waals surface area (Å²) in [6.07, 6.45) is 8.61. The van der Waals surface area contributed by atoms with E-state index in [1.54, 1.807) is 11.8 Å². The van der Waals surface area contributed by atoms with E-state index in [2.05, 4.69) is 30.9 Å². The molecule has 2 aromatic carbocycles. The first kappa shape index (κ1) is 24.8. The van der Waals surface area contributed by atoms with E-state index in [0.717, 1.165) is 35.5 Å². The summed E-state index contributed by atoms with van der Waals surface area (Å²) in [5, 5.41) is 7.45. The van der Waals surface area contributed by atoms with Crippen molar-refractivity contribution in [3.05, 3.63) is 59.7 Å². The molecule has 182 valence electrons. The van der Waals surface area contributed by atoms with Gasteiger partial charge in [0.2, 0.25) is 5.91 Å². The van der Waals surface area contributed by atoms with Gasteiger partial charge in [-0.3, -0.25) is 15.1 Å². The molecule has 1 fully saturated rings. The van der Waals surface area contributed by atoms with Gasteiger partial charge >= 0.3 is 0 Å². The molecule has 0 saturated carbocycles. The van der Waals surface area contributed by atoms with Crippen molar-refractivity contribution in [1.82, 2.24) is 4.90 Å². The van der Waals surface area contributed by atoms with Crippen molar-refractivity contribution in [3.63, 3.8) is 0 Å². The van der Waals surface area contributed by atoms with Gasteiger partial charge in [-0.15, -0.1) is 11.8 Å². The van der Waals surface area contributed by atoms with Crippen LogP contribution in [-0.2, 0) is 4.79 Å². The van der Waals surface area contributed by atoms with Crippen molar-refractivity contribution < 1.29 is 4.79 Å². The van der Waals surface area contributed by atoms with Crippen LogP contribution in [0.4, 0.5) is 5.69 Å².